The Kier molecular flexibility index (Phi) is 6.13. The van der Waals surface area contributed by atoms with Crippen molar-refractivity contribution in [3.8, 4) is 0 Å². The molecule has 1 saturated heterocycles. The number of morpholine rings is 1. The van der Waals surface area contributed by atoms with E-state index in [9.17, 15) is 4.79 Å². The first kappa shape index (κ1) is 22.1. The van der Waals surface area contributed by atoms with Crippen LogP contribution in [0, 0.1) is 5.92 Å². The van der Waals surface area contributed by atoms with Gasteiger partial charge in [-0.1, -0.05) is 36.4 Å². The molecule has 6 nitrogen and oxygen atoms in total. The molecular weight excluding hydrogens is 436 g/mol. The number of hydrogen-bond donors (Lipinski definition) is 1. The summed E-state index contributed by atoms with van der Waals surface area (Å²) in [5.74, 6) is 1.66. The smallest absolute Gasteiger partial charge is 0.230 e. The highest BCUT2D eigenvalue weighted by Crippen LogP contribution is 2.41. The molecule has 1 amide bonds. The zero-order valence-electron chi connectivity index (χ0n) is 20.0. The Morgan fingerprint density at radius 2 is 1.74 bits per heavy atom. The molecule has 0 bridgehead atoms. The molecule has 1 aromatic heterocycles. The fourth-order valence-electron chi connectivity index (χ4n) is 5.75. The van der Waals surface area contributed by atoms with Crippen LogP contribution in [0.15, 0.2) is 66.9 Å². The van der Waals surface area contributed by atoms with Gasteiger partial charge in [0.1, 0.15) is 5.82 Å². The van der Waals surface area contributed by atoms with Crippen molar-refractivity contribution in [3.05, 3.63) is 78.0 Å². The zero-order valence-corrected chi connectivity index (χ0v) is 20.0. The number of aromatic nitrogens is 1. The highest BCUT2D eigenvalue weighted by Gasteiger charge is 2.33. The number of carbonyl (C=O) groups is 1. The maximum Gasteiger partial charge on any atom is 0.230 e. The number of ether oxygens (including phenoxy) is 1. The largest absolute Gasteiger partial charge is 0.378 e. The van der Waals surface area contributed by atoms with Gasteiger partial charge in [0.05, 0.1) is 31.1 Å². The van der Waals surface area contributed by atoms with E-state index in [1.165, 1.54) is 5.56 Å². The second kappa shape index (κ2) is 9.70. The maximum absolute atomic E-state index is 14.1. The molecule has 35 heavy (non-hydrogen) atoms. The van der Waals surface area contributed by atoms with Gasteiger partial charge in [0.15, 0.2) is 0 Å². The standard InChI is InChI=1S/C29H32N4O2/c34-29(23-10-8-22(9-11-23)21-5-2-1-3-6-21)33-20-24-7-4-14-30-28(24)31-26-13-12-25(19-27(26)33)32-15-17-35-18-16-32/h1-7,12-14,19,22-23H,8-11,15-18,20H2,(H,30,31)/t22-,23-. The van der Waals surface area contributed by atoms with Crippen LogP contribution in [0.1, 0.15) is 42.7 Å². The second-order valence-corrected chi connectivity index (χ2v) is 9.82. The average Bonchev–Trinajstić information content (AvgIpc) is 3.10. The average molecular weight is 469 g/mol. The highest BCUT2D eigenvalue weighted by molar-refractivity contribution is 6.00. The third kappa shape index (κ3) is 4.50. The maximum atomic E-state index is 14.1. The Morgan fingerprint density at radius 1 is 0.943 bits per heavy atom. The summed E-state index contributed by atoms with van der Waals surface area (Å²) in [6.45, 7) is 3.74. The molecule has 0 radical (unpaired) electrons. The molecule has 1 N–H and O–H groups in total. The lowest BCUT2D eigenvalue weighted by molar-refractivity contribution is -0.123. The lowest BCUT2D eigenvalue weighted by Crippen LogP contribution is -2.38. The van der Waals surface area contributed by atoms with Crippen LogP contribution in [0.5, 0.6) is 0 Å². The van der Waals surface area contributed by atoms with Crippen LogP contribution in [0.4, 0.5) is 22.9 Å². The third-order valence-electron chi connectivity index (χ3n) is 7.73. The van der Waals surface area contributed by atoms with Gasteiger partial charge in [-0.15, -0.1) is 0 Å². The van der Waals surface area contributed by atoms with E-state index in [1.54, 1.807) is 6.20 Å². The summed E-state index contributed by atoms with van der Waals surface area (Å²) in [4.78, 5) is 23.0. The van der Waals surface area contributed by atoms with Crippen LogP contribution >= 0.6 is 0 Å². The Bertz CT molecular complexity index is 1180. The van der Waals surface area contributed by atoms with E-state index in [-0.39, 0.29) is 11.8 Å². The van der Waals surface area contributed by atoms with Crippen molar-refractivity contribution in [2.24, 2.45) is 5.92 Å². The van der Waals surface area contributed by atoms with Gasteiger partial charge in [0.25, 0.3) is 0 Å². The van der Waals surface area contributed by atoms with E-state index < -0.39 is 0 Å². The number of nitrogens with zero attached hydrogens (tertiary/aromatic N) is 3. The number of nitrogens with one attached hydrogen (secondary N) is 1. The summed E-state index contributed by atoms with van der Waals surface area (Å²) in [6.07, 6.45) is 5.79. The molecule has 6 rings (SSSR count). The summed E-state index contributed by atoms with van der Waals surface area (Å²) < 4.78 is 5.55. The van der Waals surface area contributed by atoms with Crippen LogP contribution in [0.2, 0.25) is 0 Å². The van der Waals surface area contributed by atoms with Crippen molar-refractivity contribution in [3.63, 3.8) is 0 Å². The van der Waals surface area contributed by atoms with Gasteiger partial charge in [0.2, 0.25) is 5.91 Å². The van der Waals surface area contributed by atoms with Crippen molar-refractivity contribution in [2.45, 2.75) is 38.1 Å². The minimum atomic E-state index is 0.0491. The van der Waals surface area contributed by atoms with Gasteiger partial charge in [-0.05, 0) is 61.4 Å². The minimum absolute atomic E-state index is 0.0491. The fourth-order valence-corrected chi connectivity index (χ4v) is 5.75. The molecule has 0 atom stereocenters. The van der Waals surface area contributed by atoms with E-state index in [4.69, 9.17) is 4.74 Å². The van der Waals surface area contributed by atoms with Crippen molar-refractivity contribution >= 4 is 28.8 Å². The molecule has 1 saturated carbocycles. The first-order valence-corrected chi connectivity index (χ1v) is 12.8. The van der Waals surface area contributed by atoms with Crippen molar-refractivity contribution < 1.29 is 9.53 Å². The SMILES string of the molecule is O=C([C@H]1CC[C@H](c2ccccc2)CC1)N1Cc2cccnc2Nc2ccc(N3CCOCC3)cc21. The molecule has 2 aliphatic heterocycles. The van der Waals surface area contributed by atoms with Crippen LogP contribution in [0.3, 0.4) is 0 Å². The summed E-state index contributed by atoms with van der Waals surface area (Å²) >= 11 is 0. The fraction of sp³-hybridized carbons (Fsp3) is 0.379. The Morgan fingerprint density at radius 3 is 2.54 bits per heavy atom. The first-order valence-electron chi connectivity index (χ1n) is 12.8. The topological polar surface area (TPSA) is 57.7 Å². The van der Waals surface area contributed by atoms with Gasteiger partial charge < -0.3 is 19.9 Å². The Labute approximate surface area is 206 Å². The van der Waals surface area contributed by atoms with E-state index in [1.807, 2.05) is 11.0 Å². The van der Waals surface area contributed by atoms with Gasteiger partial charge in [0, 0.05) is 36.5 Å². The molecule has 2 aromatic carbocycles. The number of rotatable bonds is 3. The van der Waals surface area contributed by atoms with E-state index >= 15 is 0 Å². The van der Waals surface area contributed by atoms with Gasteiger partial charge in [-0.3, -0.25) is 4.79 Å². The van der Waals surface area contributed by atoms with Crippen LogP contribution in [-0.2, 0) is 16.1 Å². The molecule has 3 aromatic rings. The van der Waals surface area contributed by atoms with E-state index in [2.05, 4.69) is 69.8 Å². The monoisotopic (exact) mass is 468 g/mol. The van der Waals surface area contributed by atoms with Crippen molar-refractivity contribution in [2.75, 3.05) is 41.4 Å². The summed E-state index contributed by atoms with van der Waals surface area (Å²) in [6, 6.07) is 21.2. The predicted octanol–water partition coefficient (Wildman–Crippen LogP) is 5.48. The lowest BCUT2D eigenvalue weighted by Gasteiger charge is -2.34. The van der Waals surface area contributed by atoms with E-state index in [0.29, 0.717) is 12.5 Å². The number of carbonyl (C=O) groups excluding carboxylic acids is 1. The molecule has 3 heterocycles. The summed E-state index contributed by atoms with van der Waals surface area (Å²) in [7, 11) is 0. The number of fused-ring (bicyclic) bond motifs is 2. The molecule has 180 valence electrons. The Hall–Kier alpha value is -3.38. The molecule has 1 aliphatic carbocycles. The number of hydrogen-bond acceptors (Lipinski definition) is 5. The number of pyridine rings is 1. The third-order valence-corrected chi connectivity index (χ3v) is 7.73. The molecule has 6 heteroatoms. The molecule has 0 spiro atoms. The normalized spacial score (nSPS) is 21.9. The van der Waals surface area contributed by atoms with E-state index in [0.717, 1.165) is 80.4 Å². The van der Waals surface area contributed by atoms with Crippen LogP contribution in [0.25, 0.3) is 0 Å². The Balaban J connectivity index is 1.28. The van der Waals surface area contributed by atoms with Crippen molar-refractivity contribution in [1.82, 2.24) is 4.98 Å². The molecule has 3 aliphatic rings. The lowest BCUT2D eigenvalue weighted by atomic mass is 9.78. The highest BCUT2D eigenvalue weighted by atomic mass is 16.5. The summed E-state index contributed by atoms with van der Waals surface area (Å²) in [5, 5.41) is 3.50. The van der Waals surface area contributed by atoms with Crippen LogP contribution < -0.4 is 15.1 Å². The molecular formula is C29H32N4O2. The van der Waals surface area contributed by atoms with Gasteiger partial charge >= 0.3 is 0 Å². The first-order chi connectivity index (χ1) is 17.3. The molecule has 0 unspecified atom stereocenters. The summed E-state index contributed by atoms with van der Waals surface area (Å²) in [5.41, 5.74) is 5.46. The number of anilines is 4. The number of amides is 1. The van der Waals surface area contributed by atoms with Gasteiger partial charge in [-0.25, -0.2) is 4.98 Å². The molecule has 2 fully saturated rings. The van der Waals surface area contributed by atoms with Crippen molar-refractivity contribution in [1.29, 1.82) is 0 Å². The number of benzene rings is 2. The van der Waals surface area contributed by atoms with Crippen LogP contribution in [-0.4, -0.2) is 37.2 Å². The van der Waals surface area contributed by atoms with Gasteiger partial charge in [-0.2, -0.15) is 0 Å². The quantitative estimate of drug-likeness (QED) is 0.551. The second-order valence-electron chi connectivity index (χ2n) is 9.82. The predicted molar refractivity (Wildman–Crippen MR) is 139 cm³/mol. The zero-order chi connectivity index (χ0) is 23.6. The minimum Gasteiger partial charge on any atom is -0.378 e.